The van der Waals surface area contributed by atoms with Crippen molar-refractivity contribution in [3.8, 4) is 5.75 Å². The van der Waals surface area contributed by atoms with Crippen LogP contribution in [0.1, 0.15) is 26.2 Å². The maximum absolute atomic E-state index is 11.7. The lowest BCUT2D eigenvalue weighted by Gasteiger charge is -2.13. The third kappa shape index (κ3) is 8.06. The van der Waals surface area contributed by atoms with Gasteiger partial charge in [0.2, 0.25) is 0 Å². The van der Waals surface area contributed by atoms with Crippen LogP contribution in [0.5, 0.6) is 5.75 Å². The molecule has 0 fully saturated rings. The summed E-state index contributed by atoms with van der Waals surface area (Å²) in [5.41, 5.74) is 0.601. The first-order chi connectivity index (χ1) is 11.0. The van der Waals surface area contributed by atoms with Gasteiger partial charge in [0.05, 0.1) is 13.0 Å². The SMILES string of the molecule is CCCCOc1ccc(NC(=O)NCC(CO)CC(=O)O)cc1. The van der Waals surface area contributed by atoms with Gasteiger partial charge >= 0.3 is 12.0 Å². The van der Waals surface area contributed by atoms with Crippen LogP contribution < -0.4 is 15.4 Å². The molecule has 4 N–H and O–H groups in total. The van der Waals surface area contributed by atoms with Gasteiger partial charge in [-0.05, 0) is 30.7 Å². The van der Waals surface area contributed by atoms with Crippen molar-refractivity contribution in [2.24, 2.45) is 5.92 Å². The predicted molar refractivity (Wildman–Crippen MR) is 86.7 cm³/mol. The van der Waals surface area contributed by atoms with Crippen LogP contribution in [0.2, 0.25) is 0 Å². The zero-order valence-corrected chi connectivity index (χ0v) is 13.2. The van der Waals surface area contributed by atoms with Crippen molar-refractivity contribution < 1.29 is 24.5 Å². The molecular weight excluding hydrogens is 300 g/mol. The lowest BCUT2D eigenvalue weighted by atomic mass is 10.1. The number of aliphatic hydroxyl groups excluding tert-OH is 1. The maximum Gasteiger partial charge on any atom is 0.319 e. The molecule has 128 valence electrons. The van der Waals surface area contributed by atoms with Crippen LogP contribution in [-0.4, -0.2) is 42.0 Å². The van der Waals surface area contributed by atoms with Crippen molar-refractivity contribution >= 4 is 17.7 Å². The minimum absolute atomic E-state index is 0.0901. The summed E-state index contributed by atoms with van der Waals surface area (Å²) < 4.78 is 5.53. The molecule has 1 aromatic carbocycles. The molecule has 0 aliphatic rings. The fraction of sp³-hybridized carbons (Fsp3) is 0.500. The first kappa shape index (κ1) is 18.8. The average Bonchev–Trinajstić information content (AvgIpc) is 2.53. The molecule has 1 unspecified atom stereocenters. The Bertz CT molecular complexity index is 490. The van der Waals surface area contributed by atoms with E-state index in [0.29, 0.717) is 12.3 Å². The second kappa shape index (κ2) is 10.4. The monoisotopic (exact) mass is 324 g/mol. The van der Waals surface area contributed by atoms with E-state index in [-0.39, 0.29) is 19.6 Å². The van der Waals surface area contributed by atoms with Gasteiger partial charge in [-0.15, -0.1) is 0 Å². The van der Waals surface area contributed by atoms with E-state index in [1.165, 1.54) is 0 Å². The van der Waals surface area contributed by atoms with Crippen molar-refractivity contribution in [1.82, 2.24) is 5.32 Å². The Morgan fingerprint density at radius 2 is 1.96 bits per heavy atom. The molecule has 1 rings (SSSR count). The van der Waals surface area contributed by atoms with Crippen LogP contribution in [0.3, 0.4) is 0 Å². The van der Waals surface area contributed by atoms with Gasteiger partial charge in [0.25, 0.3) is 0 Å². The summed E-state index contributed by atoms with van der Waals surface area (Å²) in [5, 5.41) is 22.9. The number of carboxylic acid groups (broad SMARTS) is 1. The van der Waals surface area contributed by atoms with Crippen molar-refractivity contribution in [2.75, 3.05) is 25.1 Å². The number of ether oxygens (including phenoxy) is 1. The van der Waals surface area contributed by atoms with E-state index in [4.69, 9.17) is 14.9 Å². The Morgan fingerprint density at radius 1 is 1.26 bits per heavy atom. The van der Waals surface area contributed by atoms with Crippen LogP contribution in [0.25, 0.3) is 0 Å². The summed E-state index contributed by atoms with van der Waals surface area (Å²) in [7, 11) is 0. The van der Waals surface area contributed by atoms with Crippen molar-refractivity contribution in [2.45, 2.75) is 26.2 Å². The van der Waals surface area contributed by atoms with Gasteiger partial charge in [-0.2, -0.15) is 0 Å². The maximum atomic E-state index is 11.7. The Hall–Kier alpha value is -2.28. The van der Waals surface area contributed by atoms with Crippen LogP contribution in [0.15, 0.2) is 24.3 Å². The van der Waals surface area contributed by atoms with Crippen LogP contribution in [-0.2, 0) is 4.79 Å². The normalized spacial score (nSPS) is 11.6. The number of aliphatic hydroxyl groups is 1. The molecule has 0 radical (unpaired) electrons. The Kier molecular flexibility index (Phi) is 8.52. The summed E-state index contributed by atoms with van der Waals surface area (Å²) in [6, 6.07) is 6.54. The number of unbranched alkanes of at least 4 members (excludes halogenated alkanes) is 1. The van der Waals surface area contributed by atoms with E-state index >= 15 is 0 Å². The lowest BCUT2D eigenvalue weighted by Crippen LogP contribution is -2.35. The number of amides is 2. The second-order valence-electron chi connectivity index (χ2n) is 5.21. The largest absolute Gasteiger partial charge is 0.494 e. The number of benzene rings is 1. The lowest BCUT2D eigenvalue weighted by molar-refractivity contribution is -0.138. The number of carbonyl (C=O) groups is 2. The van der Waals surface area contributed by atoms with Crippen molar-refractivity contribution in [3.63, 3.8) is 0 Å². The number of rotatable bonds is 10. The molecule has 0 saturated heterocycles. The van der Waals surface area contributed by atoms with Crippen molar-refractivity contribution in [1.29, 1.82) is 0 Å². The van der Waals surface area contributed by atoms with Crippen LogP contribution in [0, 0.1) is 5.92 Å². The molecule has 1 aromatic rings. The van der Waals surface area contributed by atoms with Crippen LogP contribution in [0.4, 0.5) is 10.5 Å². The van der Waals surface area contributed by atoms with Gasteiger partial charge in [-0.25, -0.2) is 4.79 Å². The smallest absolute Gasteiger partial charge is 0.319 e. The molecular formula is C16H24N2O5. The third-order valence-corrected chi connectivity index (χ3v) is 3.15. The summed E-state index contributed by atoms with van der Waals surface area (Å²) in [5.74, 6) is -0.774. The molecule has 0 spiro atoms. The van der Waals surface area contributed by atoms with E-state index < -0.39 is 17.9 Å². The Morgan fingerprint density at radius 3 is 2.52 bits per heavy atom. The van der Waals surface area contributed by atoms with E-state index in [2.05, 4.69) is 17.6 Å². The minimum atomic E-state index is -1.01. The van der Waals surface area contributed by atoms with Gasteiger partial charge in [-0.3, -0.25) is 4.79 Å². The first-order valence-electron chi connectivity index (χ1n) is 7.65. The fourth-order valence-corrected chi connectivity index (χ4v) is 1.83. The van der Waals surface area contributed by atoms with Gasteiger partial charge in [0.1, 0.15) is 5.75 Å². The summed E-state index contributed by atoms with van der Waals surface area (Å²) in [6.07, 6.45) is 1.86. The minimum Gasteiger partial charge on any atom is -0.494 e. The molecule has 1 atom stereocenters. The molecule has 7 nitrogen and oxygen atoms in total. The molecule has 0 aromatic heterocycles. The standard InChI is InChI=1S/C16H24N2O5/c1-2-3-8-23-14-6-4-13(5-7-14)18-16(22)17-10-12(11-19)9-15(20)21/h4-7,12,19H,2-3,8-11H2,1H3,(H,20,21)(H2,17,18,22). The average molecular weight is 324 g/mol. The van der Waals surface area contributed by atoms with E-state index in [0.717, 1.165) is 18.6 Å². The number of aliphatic carboxylic acids is 1. The number of hydrogen-bond donors (Lipinski definition) is 4. The van der Waals surface area contributed by atoms with Crippen molar-refractivity contribution in [3.05, 3.63) is 24.3 Å². The van der Waals surface area contributed by atoms with E-state index in [9.17, 15) is 9.59 Å². The Labute approximate surface area is 135 Å². The first-order valence-corrected chi connectivity index (χ1v) is 7.65. The van der Waals surface area contributed by atoms with E-state index in [1.807, 2.05) is 0 Å². The highest BCUT2D eigenvalue weighted by molar-refractivity contribution is 5.89. The number of anilines is 1. The van der Waals surface area contributed by atoms with Gasteiger partial charge in [0, 0.05) is 24.8 Å². The van der Waals surface area contributed by atoms with Gasteiger partial charge in [-0.1, -0.05) is 13.3 Å². The topological polar surface area (TPSA) is 108 Å². The molecule has 0 aliphatic carbocycles. The van der Waals surface area contributed by atoms with Gasteiger partial charge < -0.3 is 25.6 Å². The summed E-state index contributed by atoms with van der Waals surface area (Å²) >= 11 is 0. The predicted octanol–water partition coefficient (Wildman–Crippen LogP) is 2.07. The highest BCUT2D eigenvalue weighted by Gasteiger charge is 2.13. The second-order valence-corrected chi connectivity index (χ2v) is 5.21. The van der Waals surface area contributed by atoms with Gasteiger partial charge in [0.15, 0.2) is 0 Å². The zero-order valence-electron chi connectivity index (χ0n) is 13.2. The number of nitrogens with one attached hydrogen (secondary N) is 2. The zero-order chi connectivity index (χ0) is 17.1. The number of carboxylic acids is 1. The molecule has 0 saturated carbocycles. The van der Waals surface area contributed by atoms with E-state index in [1.54, 1.807) is 24.3 Å². The fourth-order valence-electron chi connectivity index (χ4n) is 1.83. The van der Waals surface area contributed by atoms with Crippen LogP contribution >= 0.6 is 0 Å². The molecule has 0 bridgehead atoms. The summed E-state index contributed by atoms with van der Waals surface area (Å²) in [4.78, 5) is 22.3. The molecule has 7 heteroatoms. The highest BCUT2D eigenvalue weighted by atomic mass is 16.5. The highest BCUT2D eigenvalue weighted by Crippen LogP contribution is 2.16. The quantitative estimate of drug-likeness (QED) is 0.493. The molecule has 2 amide bonds. The molecule has 23 heavy (non-hydrogen) atoms. The summed E-state index contributed by atoms with van der Waals surface area (Å²) in [6.45, 7) is 2.55. The number of hydrogen-bond acceptors (Lipinski definition) is 4. The third-order valence-electron chi connectivity index (χ3n) is 3.15. The Balaban J connectivity index is 2.37. The molecule has 0 aliphatic heterocycles. The number of urea groups is 1. The number of carbonyl (C=O) groups excluding carboxylic acids is 1. The molecule has 0 heterocycles.